The second kappa shape index (κ2) is 6.46. The third kappa shape index (κ3) is 3.55. The molecule has 1 aromatic rings. The van der Waals surface area contributed by atoms with Gasteiger partial charge in [0.15, 0.2) is 0 Å². The van der Waals surface area contributed by atoms with Crippen molar-refractivity contribution in [3.63, 3.8) is 0 Å². The highest BCUT2D eigenvalue weighted by Crippen LogP contribution is 2.25. The molecule has 0 spiro atoms. The summed E-state index contributed by atoms with van der Waals surface area (Å²) in [4.78, 5) is 28.8. The van der Waals surface area contributed by atoms with Crippen LogP contribution in [0.4, 0.5) is 4.79 Å². The Morgan fingerprint density at radius 3 is 2.54 bits per heavy atom. The highest BCUT2D eigenvalue weighted by Gasteiger charge is 2.39. The average Bonchev–Trinajstić information content (AvgIpc) is 3.02. The molecule has 2 aliphatic rings. The molecule has 0 radical (unpaired) electrons. The highest BCUT2D eigenvalue weighted by molar-refractivity contribution is 5.86. The predicted octanol–water partition coefficient (Wildman–Crippen LogP) is 2.97. The van der Waals surface area contributed by atoms with E-state index in [-0.39, 0.29) is 18.0 Å². The first-order valence-electron chi connectivity index (χ1n) is 8.70. The Labute approximate surface area is 143 Å². The lowest BCUT2D eigenvalue weighted by molar-refractivity contribution is -0.136. The molecular weight excluding hydrogens is 304 g/mol. The van der Waals surface area contributed by atoms with Gasteiger partial charge < -0.3 is 9.64 Å². The summed E-state index contributed by atoms with van der Waals surface area (Å²) in [6.45, 7) is 7.48. The molecule has 0 aliphatic carbocycles. The number of fused-ring (bicyclic) bond motifs is 1. The van der Waals surface area contributed by atoms with Crippen LogP contribution in [0, 0.1) is 0 Å². The molecular formula is C19H26N2O3. The van der Waals surface area contributed by atoms with Gasteiger partial charge in [-0.2, -0.15) is 0 Å². The van der Waals surface area contributed by atoms with Crippen LogP contribution >= 0.6 is 0 Å². The normalized spacial score (nSPS) is 20.7. The molecule has 1 atom stereocenters. The van der Waals surface area contributed by atoms with Crippen molar-refractivity contribution >= 4 is 12.0 Å². The van der Waals surface area contributed by atoms with Gasteiger partial charge in [0.2, 0.25) is 5.91 Å². The summed E-state index contributed by atoms with van der Waals surface area (Å²) in [5.74, 6) is 0.0489. The number of hydrogen-bond acceptors (Lipinski definition) is 3. The quantitative estimate of drug-likeness (QED) is 0.795. The maximum atomic E-state index is 13.0. The van der Waals surface area contributed by atoms with Gasteiger partial charge in [-0.05, 0) is 51.2 Å². The van der Waals surface area contributed by atoms with Gasteiger partial charge in [0.05, 0.1) is 0 Å². The van der Waals surface area contributed by atoms with Crippen molar-refractivity contribution in [2.75, 3.05) is 13.1 Å². The number of benzene rings is 1. The second-order valence-corrected chi connectivity index (χ2v) is 7.61. The molecule has 1 fully saturated rings. The van der Waals surface area contributed by atoms with Gasteiger partial charge in [-0.15, -0.1) is 0 Å². The number of carbonyl (C=O) groups excluding carboxylic acids is 2. The summed E-state index contributed by atoms with van der Waals surface area (Å²) in [6.07, 6.45) is 2.06. The third-order valence-electron chi connectivity index (χ3n) is 4.61. The zero-order valence-electron chi connectivity index (χ0n) is 14.7. The number of nitrogens with zero attached hydrogens (tertiary/aromatic N) is 2. The van der Waals surface area contributed by atoms with Crippen molar-refractivity contribution < 1.29 is 14.3 Å². The Bertz CT molecular complexity index is 636. The molecule has 0 aromatic heterocycles. The number of amides is 2. The standard InChI is InChI=1S/C19H26N2O3/c1-19(2,3)24-18(23)21-11-6-9-16(21)17(22)20-12-10-14-7-4-5-8-15(14)13-20/h4-5,7-8,16H,6,9-13H2,1-3H3/t16-/m0/s1. The molecule has 3 rings (SSSR count). The molecule has 5 nitrogen and oxygen atoms in total. The van der Waals surface area contributed by atoms with E-state index in [0.29, 0.717) is 19.6 Å². The SMILES string of the molecule is CC(C)(C)OC(=O)N1CCC[C@H]1C(=O)N1CCc2ccccc2C1. The summed E-state index contributed by atoms with van der Waals surface area (Å²) >= 11 is 0. The highest BCUT2D eigenvalue weighted by atomic mass is 16.6. The van der Waals surface area contributed by atoms with Crippen molar-refractivity contribution in [2.24, 2.45) is 0 Å². The predicted molar refractivity (Wildman–Crippen MR) is 91.5 cm³/mol. The molecule has 5 heteroatoms. The summed E-state index contributed by atoms with van der Waals surface area (Å²) in [5, 5.41) is 0. The van der Waals surface area contributed by atoms with Crippen LogP contribution in [-0.2, 0) is 22.5 Å². The van der Waals surface area contributed by atoms with E-state index in [4.69, 9.17) is 4.74 Å². The molecule has 2 aliphatic heterocycles. The molecule has 0 bridgehead atoms. The Kier molecular flexibility index (Phi) is 4.52. The van der Waals surface area contributed by atoms with Crippen LogP contribution in [0.5, 0.6) is 0 Å². The van der Waals surface area contributed by atoms with Crippen molar-refractivity contribution in [2.45, 2.75) is 58.2 Å². The van der Waals surface area contributed by atoms with Crippen LogP contribution in [0.3, 0.4) is 0 Å². The molecule has 0 unspecified atom stereocenters. The Morgan fingerprint density at radius 2 is 1.83 bits per heavy atom. The van der Waals surface area contributed by atoms with E-state index >= 15 is 0 Å². The Balaban J connectivity index is 1.69. The van der Waals surface area contributed by atoms with Gasteiger partial charge >= 0.3 is 6.09 Å². The Hall–Kier alpha value is -2.04. The molecule has 2 amide bonds. The van der Waals surface area contributed by atoms with Gasteiger partial charge in [-0.1, -0.05) is 24.3 Å². The van der Waals surface area contributed by atoms with E-state index in [1.54, 1.807) is 4.90 Å². The lowest BCUT2D eigenvalue weighted by atomic mass is 9.99. The number of hydrogen-bond donors (Lipinski definition) is 0. The molecule has 24 heavy (non-hydrogen) atoms. The van der Waals surface area contributed by atoms with Crippen molar-refractivity contribution in [3.05, 3.63) is 35.4 Å². The fourth-order valence-corrected chi connectivity index (χ4v) is 3.46. The van der Waals surface area contributed by atoms with Crippen molar-refractivity contribution in [1.82, 2.24) is 9.80 Å². The van der Waals surface area contributed by atoms with E-state index in [0.717, 1.165) is 19.3 Å². The second-order valence-electron chi connectivity index (χ2n) is 7.61. The largest absolute Gasteiger partial charge is 0.444 e. The summed E-state index contributed by atoms with van der Waals surface area (Å²) in [5.41, 5.74) is 1.98. The minimum absolute atomic E-state index is 0.0489. The van der Waals surface area contributed by atoms with Crippen LogP contribution in [0.1, 0.15) is 44.7 Å². The summed E-state index contributed by atoms with van der Waals surface area (Å²) in [7, 11) is 0. The smallest absolute Gasteiger partial charge is 0.410 e. The van der Waals surface area contributed by atoms with Gasteiger partial charge in [0, 0.05) is 19.6 Å². The fraction of sp³-hybridized carbons (Fsp3) is 0.579. The number of likely N-dealkylation sites (tertiary alicyclic amines) is 1. The van der Waals surface area contributed by atoms with E-state index in [1.165, 1.54) is 11.1 Å². The van der Waals surface area contributed by atoms with Crippen molar-refractivity contribution in [3.8, 4) is 0 Å². The number of rotatable bonds is 1. The van der Waals surface area contributed by atoms with Crippen LogP contribution < -0.4 is 0 Å². The molecule has 2 heterocycles. The van der Waals surface area contributed by atoms with Crippen molar-refractivity contribution in [1.29, 1.82) is 0 Å². The van der Waals surface area contributed by atoms with Crippen LogP contribution in [-0.4, -0.2) is 46.5 Å². The fourth-order valence-electron chi connectivity index (χ4n) is 3.46. The summed E-state index contributed by atoms with van der Waals surface area (Å²) < 4.78 is 5.46. The van der Waals surface area contributed by atoms with Gasteiger partial charge in [0.1, 0.15) is 11.6 Å². The maximum absolute atomic E-state index is 13.0. The van der Waals surface area contributed by atoms with E-state index in [2.05, 4.69) is 12.1 Å². The van der Waals surface area contributed by atoms with Gasteiger partial charge in [-0.25, -0.2) is 4.79 Å². The monoisotopic (exact) mass is 330 g/mol. The molecule has 0 N–H and O–H groups in total. The number of ether oxygens (including phenoxy) is 1. The zero-order valence-corrected chi connectivity index (χ0v) is 14.7. The van der Waals surface area contributed by atoms with Crippen LogP contribution in [0.15, 0.2) is 24.3 Å². The van der Waals surface area contributed by atoms with Gasteiger partial charge in [-0.3, -0.25) is 9.69 Å². The average molecular weight is 330 g/mol. The lowest BCUT2D eigenvalue weighted by Gasteiger charge is -2.34. The topological polar surface area (TPSA) is 49.9 Å². The molecule has 1 saturated heterocycles. The zero-order chi connectivity index (χ0) is 17.3. The van der Waals surface area contributed by atoms with E-state index in [1.807, 2.05) is 37.8 Å². The third-order valence-corrected chi connectivity index (χ3v) is 4.61. The first-order valence-corrected chi connectivity index (χ1v) is 8.70. The Morgan fingerprint density at radius 1 is 1.12 bits per heavy atom. The van der Waals surface area contributed by atoms with Gasteiger partial charge in [0.25, 0.3) is 0 Å². The maximum Gasteiger partial charge on any atom is 0.410 e. The van der Waals surface area contributed by atoms with E-state index in [9.17, 15) is 9.59 Å². The van der Waals surface area contributed by atoms with E-state index < -0.39 is 5.60 Å². The lowest BCUT2D eigenvalue weighted by Crippen LogP contribution is -2.50. The minimum atomic E-state index is -0.544. The van der Waals surface area contributed by atoms with Crippen LogP contribution in [0.2, 0.25) is 0 Å². The van der Waals surface area contributed by atoms with Crippen LogP contribution in [0.25, 0.3) is 0 Å². The minimum Gasteiger partial charge on any atom is -0.444 e. The summed E-state index contributed by atoms with van der Waals surface area (Å²) in [6, 6.07) is 7.87. The first kappa shape index (κ1) is 16.8. The molecule has 130 valence electrons. The molecule has 1 aromatic carbocycles. The molecule has 0 saturated carbocycles. The number of carbonyl (C=O) groups is 2. The first-order chi connectivity index (χ1) is 11.3.